The molecule has 1 saturated heterocycles. The van der Waals surface area contributed by atoms with Crippen LogP contribution in [0.2, 0.25) is 0 Å². The van der Waals surface area contributed by atoms with Gasteiger partial charge in [0.1, 0.15) is 5.82 Å². The number of halogens is 3. The highest BCUT2D eigenvalue weighted by Crippen LogP contribution is 2.15. The van der Waals surface area contributed by atoms with Crippen molar-refractivity contribution in [3.63, 3.8) is 0 Å². The van der Waals surface area contributed by atoms with E-state index in [1.165, 1.54) is 12.1 Å². The van der Waals surface area contributed by atoms with Crippen LogP contribution in [0.1, 0.15) is 16.8 Å². The Labute approximate surface area is 120 Å². The van der Waals surface area contributed by atoms with Crippen LogP contribution < -0.4 is 10.6 Å². The first-order chi connectivity index (χ1) is 8.15. The third-order valence-electron chi connectivity index (χ3n) is 2.84. The molecule has 1 aromatic rings. The van der Waals surface area contributed by atoms with Crippen LogP contribution in [-0.2, 0) is 0 Å². The summed E-state index contributed by atoms with van der Waals surface area (Å²) in [5.74, 6) is -0.153. The van der Waals surface area contributed by atoms with Gasteiger partial charge in [0.05, 0.1) is 0 Å². The molecule has 6 heteroatoms. The van der Waals surface area contributed by atoms with Crippen molar-refractivity contribution in [2.75, 3.05) is 19.6 Å². The van der Waals surface area contributed by atoms with Gasteiger partial charge in [-0.1, -0.05) is 15.9 Å². The van der Waals surface area contributed by atoms with Gasteiger partial charge in [0, 0.05) is 16.6 Å². The summed E-state index contributed by atoms with van der Waals surface area (Å²) >= 11 is 3.17. The van der Waals surface area contributed by atoms with Gasteiger partial charge < -0.3 is 10.6 Å². The minimum atomic E-state index is -0.410. The number of nitrogens with one attached hydrogen (secondary N) is 2. The number of carbonyl (C=O) groups excluding carboxylic acids is 1. The molecule has 100 valence electrons. The number of amides is 1. The average Bonchev–Trinajstić information content (AvgIpc) is 2.77. The van der Waals surface area contributed by atoms with Crippen LogP contribution in [0.5, 0.6) is 0 Å². The van der Waals surface area contributed by atoms with Crippen LogP contribution >= 0.6 is 28.3 Å². The molecule has 0 aromatic heterocycles. The van der Waals surface area contributed by atoms with Gasteiger partial charge in [-0.05, 0) is 43.6 Å². The fourth-order valence-electron chi connectivity index (χ4n) is 1.91. The van der Waals surface area contributed by atoms with E-state index in [-0.39, 0.29) is 18.3 Å². The lowest BCUT2D eigenvalue weighted by Crippen LogP contribution is -2.30. The van der Waals surface area contributed by atoms with Crippen LogP contribution in [0.4, 0.5) is 4.39 Å². The monoisotopic (exact) mass is 336 g/mol. The fraction of sp³-hybridized carbons (Fsp3) is 0.417. The highest BCUT2D eigenvalue weighted by Gasteiger charge is 2.16. The molecule has 2 rings (SSSR count). The Hall–Kier alpha value is -0.650. The fourth-order valence-corrected chi connectivity index (χ4v) is 2.38. The zero-order valence-electron chi connectivity index (χ0n) is 9.71. The minimum Gasteiger partial charge on any atom is -0.352 e. The summed E-state index contributed by atoms with van der Waals surface area (Å²) in [5.41, 5.74) is 0.350. The average molecular weight is 338 g/mol. The molecule has 18 heavy (non-hydrogen) atoms. The van der Waals surface area contributed by atoms with Gasteiger partial charge in [-0.2, -0.15) is 0 Å². The van der Waals surface area contributed by atoms with Crippen molar-refractivity contribution in [2.45, 2.75) is 6.42 Å². The van der Waals surface area contributed by atoms with Gasteiger partial charge in [-0.3, -0.25) is 4.79 Å². The molecule has 1 heterocycles. The molecule has 0 spiro atoms. The van der Waals surface area contributed by atoms with Crippen LogP contribution in [0.15, 0.2) is 22.7 Å². The highest BCUT2D eigenvalue weighted by molar-refractivity contribution is 9.10. The SMILES string of the molecule is Cl.O=C(NCC1CCNC1)c1cc(F)cc(Br)c1. The summed E-state index contributed by atoms with van der Waals surface area (Å²) < 4.78 is 13.7. The smallest absolute Gasteiger partial charge is 0.251 e. The van der Waals surface area contributed by atoms with E-state index in [1.54, 1.807) is 6.07 Å². The second-order valence-electron chi connectivity index (χ2n) is 4.23. The first-order valence-electron chi connectivity index (χ1n) is 5.60. The zero-order chi connectivity index (χ0) is 12.3. The second-order valence-corrected chi connectivity index (χ2v) is 5.14. The van der Waals surface area contributed by atoms with Gasteiger partial charge >= 0.3 is 0 Å². The summed E-state index contributed by atoms with van der Waals surface area (Å²) in [5, 5.41) is 6.06. The number of benzene rings is 1. The quantitative estimate of drug-likeness (QED) is 0.889. The number of hydrogen-bond donors (Lipinski definition) is 2. The molecular formula is C12H15BrClFN2O. The van der Waals surface area contributed by atoms with Crippen LogP contribution in [0.3, 0.4) is 0 Å². The molecule has 0 radical (unpaired) electrons. The first kappa shape index (κ1) is 15.4. The number of hydrogen-bond acceptors (Lipinski definition) is 2. The first-order valence-corrected chi connectivity index (χ1v) is 6.39. The van der Waals surface area contributed by atoms with Gasteiger partial charge in [-0.25, -0.2) is 4.39 Å². The molecule has 1 aliphatic heterocycles. The van der Waals surface area contributed by atoms with Crippen LogP contribution in [0, 0.1) is 11.7 Å². The summed E-state index contributed by atoms with van der Waals surface area (Å²) in [6, 6.07) is 4.19. The number of rotatable bonds is 3. The molecule has 1 atom stereocenters. The maximum absolute atomic E-state index is 13.1. The molecule has 0 aliphatic carbocycles. The van der Waals surface area contributed by atoms with Crippen molar-refractivity contribution in [3.8, 4) is 0 Å². The van der Waals surface area contributed by atoms with Crippen molar-refractivity contribution in [1.82, 2.24) is 10.6 Å². The van der Waals surface area contributed by atoms with E-state index in [1.807, 2.05) is 0 Å². The maximum atomic E-state index is 13.1. The Balaban J connectivity index is 0.00000162. The predicted molar refractivity (Wildman–Crippen MR) is 74.7 cm³/mol. The van der Waals surface area contributed by atoms with Crippen LogP contribution in [0.25, 0.3) is 0 Å². The normalized spacial score (nSPS) is 18.2. The minimum absolute atomic E-state index is 0. The topological polar surface area (TPSA) is 41.1 Å². The van der Waals surface area contributed by atoms with Crippen molar-refractivity contribution >= 4 is 34.2 Å². The summed E-state index contributed by atoms with van der Waals surface area (Å²) in [7, 11) is 0. The Morgan fingerprint density at radius 3 is 2.89 bits per heavy atom. The van der Waals surface area contributed by atoms with Crippen molar-refractivity contribution in [2.24, 2.45) is 5.92 Å². The van der Waals surface area contributed by atoms with E-state index < -0.39 is 5.82 Å². The molecule has 0 saturated carbocycles. The summed E-state index contributed by atoms with van der Waals surface area (Å²) in [6.07, 6.45) is 1.08. The van der Waals surface area contributed by atoms with E-state index in [9.17, 15) is 9.18 Å². The lowest BCUT2D eigenvalue weighted by molar-refractivity contribution is 0.0947. The Bertz CT molecular complexity index is 404. The molecule has 0 bridgehead atoms. The Morgan fingerprint density at radius 2 is 2.28 bits per heavy atom. The molecular weight excluding hydrogens is 322 g/mol. The molecule has 1 fully saturated rings. The van der Waals surface area contributed by atoms with Crippen LogP contribution in [-0.4, -0.2) is 25.5 Å². The van der Waals surface area contributed by atoms with E-state index in [2.05, 4.69) is 26.6 Å². The molecule has 2 N–H and O–H groups in total. The lowest BCUT2D eigenvalue weighted by atomic mass is 10.1. The molecule has 1 aliphatic rings. The largest absolute Gasteiger partial charge is 0.352 e. The van der Waals surface area contributed by atoms with Crippen molar-refractivity contribution in [3.05, 3.63) is 34.1 Å². The zero-order valence-corrected chi connectivity index (χ0v) is 12.1. The van der Waals surface area contributed by atoms with Gasteiger partial charge in [0.15, 0.2) is 0 Å². The molecule has 1 amide bonds. The molecule has 1 aromatic carbocycles. The standard InChI is InChI=1S/C12H14BrFN2O.ClH/c13-10-3-9(4-11(14)5-10)12(17)16-7-8-1-2-15-6-8;/h3-5,8,15H,1-2,6-7H2,(H,16,17);1H. The third-order valence-corrected chi connectivity index (χ3v) is 3.30. The van der Waals surface area contributed by atoms with E-state index >= 15 is 0 Å². The van der Waals surface area contributed by atoms with E-state index in [0.717, 1.165) is 19.5 Å². The second kappa shape index (κ2) is 7.07. The van der Waals surface area contributed by atoms with Gasteiger partial charge in [-0.15, -0.1) is 12.4 Å². The van der Waals surface area contributed by atoms with Gasteiger partial charge in [0.2, 0.25) is 0 Å². The number of carbonyl (C=O) groups is 1. The Kier molecular flexibility index (Phi) is 6.05. The molecule has 3 nitrogen and oxygen atoms in total. The van der Waals surface area contributed by atoms with E-state index in [0.29, 0.717) is 22.5 Å². The summed E-state index contributed by atoms with van der Waals surface area (Å²) in [4.78, 5) is 11.8. The maximum Gasteiger partial charge on any atom is 0.251 e. The predicted octanol–water partition coefficient (Wildman–Crippen LogP) is 2.35. The Morgan fingerprint density at radius 1 is 1.50 bits per heavy atom. The van der Waals surface area contributed by atoms with Crippen molar-refractivity contribution < 1.29 is 9.18 Å². The van der Waals surface area contributed by atoms with Crippen molar-refractivity contribution in [1.29, 1.82) is 0 Å². The van der Waals surface area contributed by atoms with E-state index in [4.69, 9.17) is 0 Å². The third kappa shape index (κ3) is 4.23. The van der Waals surface area contributed by atoms with Gasteiger partial charge in [0.25, 0.3) is 5.91 Å². The highest BCUT2D eigenvalue weighted by atomic mass is 79.9. The molecule has 1 unspecified atom stereocenters. The summed E-state index contributed by atoms with van der Waals surface area (Å²) in [6.45, 7) is 2.58. The lowest BCUT2D eigenvalue weighted by Gasteiger charge is -2.10.